The molecule has 2 rings (SSSR count). The van der Waals surface area contributed by atoms with Crippen LogP contribution in [0.2, 0.25) is 0 Å². The lowest BCUT2D eigenvalue weighted by Gasteiger charge is -2.17. The van der Waals surface area contributed by atoms with Crippen molar-refractivity contribution in [2.45, 2.75) is 26.3 Å². The first-order valence-electron chi connectivity index (χ1n) is 7.00. The van der Waals surface area contributed by atoms with Crippen molar-refractivity contribution >= 4 is 0 Å². The highest BCUT2D eigenvalue weighted by molar-refractivity contribution is 5.45. The van der Waals surface area contributed by atoms with Crippen LogP contribution in [0.4, 0.5) is 0 Å². The Morgan fingerprint density at radius 1 is 0.900 bits per heavy atom. The molecule has 0 spiro atoms. The van der Waals surface area contributed by atoms with Crippen LogP contribution in [0, 0.1) is 0 Å². The third kappa shape index (κ3) is 3.31. The number of para-hydroxylation sites is 3. The van der Waals surface area contributed by atoms with Crippen LogP contribution in [0.25, 0.3) is 0 Å². The highest BCUT2D eigenvalue weighted by Gasteiger charge is 2.12. The maximum Gasteiger partial charge on any atom is 0.169 e. The molecule has 0 amide bonds. The topological polar surface area (TPSA) is 44.5 Å². The highest BCUT2D eigenvalue weighted by Crippen LogP contribution is 2.34. The Balaban J connectivity index is 2.30. The largest absolute Gasteiger partial charge is 0.490 e. The van der Waals surface area contributed by atoms with Crippen molar-refractivity contribution in [3.8, 4) is 17.2 Å². The summed E-state index contributed by atoms with van der Waals surface area (Å²) in [4.78, 5) is 0. The van der Waals surface area contributed by atoms with E-state index in [9.17, 15) is 0 Å². The van der Waals surface area contributed by atoms with E-state index in [-0.39, 0.29) is 6.04 Å². The summed E-state index contributed by atoms with van der Waals surface area (Å²) in [6.07, 6.45) is 0.869. The van der Waals surface area contributed by atoms with E-state index in [2.05, 4.69) is 6.92 Å². The minimum Gasteiger partial charge on any atom is -0.490 e. The zero-order chi connectivity index (χ0) is 14.4. The van der Waals surface area contributed by atoms with Crippen molar-refractivity contribution in [1.29, 1.82) is 0 Å². The van der Waals surface area contributed by atoms with Crippen LogP contribution in [-0.2, 0) is 0 Å². The van der Waals surface area contributed by atoms with E-state index in [1.807, 2.05) is 55.5 Å². The van der Waals surface area contributed by atoms with Crippen molar-refractivity contribution in [3.63, 3.8) is 0 Å². The molecule has 3 heteroatoms. The van der Waals surface area contributed by atoms with E-state index in [0.717, 1.165) is 23.5 Å². The number of nitrogens with two attached hydrogens (primary N) is 1. The minimum absolute atomic E-state index is 0.0227. The number of benzene rings is 2. The fourth-order valence-corrected chi connectivity index (χ4v) is 2.03. The second-order valence-electron chi connectivity index (χ2n) is 4.53. The van der Waals surface area contributed by atoms with Crippen LogP contribution in [-0.4, -0.2) is 6.61 Å². The zero-order valence-corrected chi connectivity index (χ0v) is 12.0. The van der Waals surface area contributed by atoms with Crippen LogP contribution in [0.3, 0.4) is 0 Å². The van der Waals surface area contributed by atoms with E-state index in [0.29, 0.717) is 12.4 Å². The second kappa shape index (κ2) is 6.96. The summed E-state index contributed by atoms with van der Waals surface area (Å²) in [6, 6.07) is 15.5. The molecule has 0 aromatic heterocycles. The molecule has 0 radical (unpaired) electrons. The molecule has 3 nitrogen and oxygen atoms in total. The molecular formula is C17H21NO2. The summed E-state index contributed by atoms with van der Waals surface area (Å²) in [5.41, 5.74) is 7.15. The third-order valence-corrected chi connectivity index (χ3v) is 3.13. The van der Waals surface area contributed by atoms with Crippen molar-refractivity contribution in [2.75, 3.05) is 6.61 Å². The lowest BCUT2D eigenvalue weighted by Crippen LogP contribution is -2.09. The fourth-order valence-electron chi connectivity index (χ4n) is 2.03. The van der Waals surface area contributed by atoms with Gasteiger partial charge in [-0.3, -0.25) is 0 Å². The molecule has 2 N–H and O–H groups in total. The Kier molecular flexibility index (Phi) is 5.02. The van der Waals surface area contributed by atoms with Gasteiger partial charge in [0.25, 0.3) is 0 Å². The Bertz CT molecular complexity index is 554. The van der Waals surface area contributed by atoms with Gasteiger partial charge in [0, 0.05) is 11.6 Å². The minimum atomic E-state index is -0.0227. The van der Waals surface area contributed by atoms with E-state index in [4.69, 9.17) is 15.2 Å². The second-order valence-corrected chi connectivity index (χ2v) is 4.53. The predicted octanol–water partition coefficient (Wildman–Crippen LogP) is 4.29. The molecule has 20 heavy (non-hydrogen) atoms. The van der Waals surface area contributed by atoms with E-state index in [1.54, 1.807) is 0 Å². The highest BCUT2D eigenvalue weighted by atomic mass is 16.5. The smallest absolute Gasteiger partial charge is 0.169 e. The standard InChI is InChI=1S/C17H21NO2/c1-3-14(18)13-9-5-6-10-15(13)20-17-12-8-7-11-16(17)19-4-2/h5-12,14H,3-4,18H2,1-2H3. The summed E-state index contributed by atoms with van der Waals surface area (Å²) in [5.74, 6) is 2.24. The molecular weight excluding hydrogens is 250 g/mol. The van der Waals surface area contributed by atoms with Crippen LogP contribution in [0.1, 0.15) is 31.9 Å². The molecule has 2 aromatic carbocycles. The molecule has 0 bridgehead atoms. The number of rotatable bonds is 6. The van der Waals surface area contributed by atoms with E-state index in [1.165, 1.54) is 0 Å². The van der Waals surface area contributed by atoms with Gasteiger partial charge in [-0.1, -0.05) is 37.3 Å². The Hall–Kier alpha value is -2.00. The molecule has 0 aliphatic rings. The van der Waals surface area contributed by atoms with Crippen LogP contribution in [0.5, 0.6) is 17.2 Å². The summed E-state index contributed by atoms with van der Waals surface area (Å²) in [6.45, 7) is 4.63. The lowest BCUT2D eigenvalue weighted by molar-refractivity contribution is 0.320. The van der Waals surface area contributed by atoms with Gasteiger partial charge < -0.3 is 15.2 Å². The van der Waals surface area contributed by atoms with Gasteiger partial charge >= 0.3 is 0 Å². The molecule has 2 aromatic rings. The van der Waals surface area contributed by atoms with Gasteiger partial charge in [-0.15, -0.1) is 0 Å². The monoisotopic (exact) mass is 271 g/mol. The van der Waals surface area contributed by atoms with Crippen LogP contribution < -0.4 is 15.2 Å². The quantitative estimate of drug-likeness (QED) is 0.852. The molecule has 0 fully saturated rings. The van der Waals surface area contributed by atoms with Crippen LogP contribution in [0.15, 0.2) is 48.5 Å². The van der Waals surface area contributed by atoms with Gasteiger partial charge in [0.15, 0.2) is 11.5 Å². The summed E-state index contributed by atoms with van der Waals surface area (Å²) in [5, 5.41) is 0. The summed E-state index contributed by atoms with van der Waals surface area (Å²) in [7, 11) is 0. The Morgan fingerprint density at radius 3 is 2.15 bits per heavy atom. The Morgan fingerprint density at radius 2 is 1.50 bits per heavy atom. The normalized spacial score (nSPS) is 11.9. The van der Waals surface area contributed by atoms with Crippen molar-refractivity contribution in [3.05, 3.63) is 54.1 Å². The number of hydrogen-bond donors (Lipinski definition) is 1. The van der Waals surface area contributed by atoms with Gasteiger partial charge in [-0.25, -0.2) is 0 Å². The van der Waals surface area contributed by atoms with Crippen molar-refractivity contribution < 1.29 is 9.47 Å². The molecule has 106 valence electrons. The maximum atomic E-state index is 6.13. The first-order chi connectivity index (χ1) is 9.76. The maximum absolute atomic E-state index is 6.13. The van der Waals surface area contributed by atoms with Gasteiger partial charge in [-0.05, 0) is 31.5 Å². The first-order valence-corrected chi connectivity index (χ1v) is 7.00. The summed E-state index contributed by atoms with van der Waals surface area (Å²) >= 11 is 0. The van der Waals surface area contributed by atoms with Crippen molar-refractivity contribution in [2.24, 2.45) is 5.73 Å². The summed E-state index contributed by atoms with van der Waals surface area (Å²) < 4.78 is 11.6. The number of hydrogen-bond acceptors (Lipinski definition) is 3. The fraction of sp³-hybridized carbons (Fsp3) is 0.294. The van der Waals surface area contributed by atoms with E-state index >= 15 is 0 Å². The van der Waals surface area contributed by atoms with Gasteiger partial charge in [0.1, 0.15) is 5.75 Å². The average molecular weight is 271 g/mol. The zero-order valence-electron chi connectivity index (χ0n) is 12.0. The molecule has 0 aliphatic carbocycles. The first kappa shape index (κ1) is 14.4. The molecule has 0 aliphatic heterocycles. The number of ether oxygens (including phenoxy) is 2. The molecule has 1 unspecified atom stereocenters. The third-order valence-electron chi connectivity index (χ3n) is 3.13. The van der Waals surface area contributed by atoms with Gasteiger partial charge in [0.05, 0.1) is 6.61 Å². The lowest BCUT2D eigenvalue weighted by atomic mass is 10.0. The van der Waals surface area contributed by atoms with Crippen molar-refractivity contribution in [1.82, 2.24) is 0 Å². The Labute approximate surface area is 120 Å². The van der Waals surface area contributed by atoms with Gasteiger partial charge in [0.2, 0.25) is 0 Å². The average Bonchev–Trinajstić information content (AvgIpc) is 2.49. The van der Waals surface area contributed by atoms with E-state index < -0.39 is 0 Å². The molecule has 0 saturated heterocycles. The van der Waals surface area contributed by atoms with Crippen LogP contribution >= 0.6 is 0 Å². The SMILES string of the molecule is CCOc1ccccc1Oc1ccccc1C(N)CC. The molecule has 1 atom stereocenters. The molecule has 0 heterocycles. The molecule has 0 saturated carbocycles. The predicted molar refractivity (Wildman–Crippen MR) is 81.3 cm³/mol. The van der Waals surface area contributed by atoms with Gasteiger partial charge in [-0.2, -0.15) is 0 Å².